The fourth-order valence-electron chi connectivity index (χ4n) is 2.86. The zero-order valence-electron chi connectivity index (χ0n) is 14.8. The van der Waals surface area contributed by atoms with Crippen molar-refractivity contribution in [2.75, 3.05) is 11.9 Å². The third-order valence-corrected chi connectivity index (χ3v) is 4.28. The number of hydrogen-bond acceptors (Lipinski definition) is 2. The standard InChI is InChI=1S/C20H18F3N3O2/c21-14-8-9-16(20(23)19(14)22)26-18(28)11-25-17(27)7-3-4-12-10-24-15-6-2-1-5-13(12)15/h1-2,5-6,8-10,24H,3-4,7,11H2,(H,25,27)(H,26,28). The van der Waals surface area contributed by atoms with E-state index >= 15 is 0 Å². The van der Waals surface area contributed by atoms with Gasteiger partial charge in [0.05, 0.1) is 12.2 Å². The van der Waals surface area contributed by atoms with Crippen molar-refractivity contribution in [2.24, 2.45) is 0 Å². The monoisotopic (exact) mass is 389 g/mol. The summed E-state index contributed by atoms with van der Waals surface area (Å²) in [6.45, 7) is -0.398. The lowest BCUT2D eigenvalue weighted by atomic mass is 10.1. The summed E-state index contributed by atoms with van der Waals surface area (Å²) in [7, 11) is 0. The van der Waals surface area contributed by atoms with Crippen LogP contribution in [0.3, 0.4) is 0 Å². The van der Waals surface area contributed by atoms with Crippen LogP contribution in [-0.2, 0) is 16.0 Å². The van der Waals surface area contributed by atoms with Gasteiger partial charge in [0.15, 0.2) is 17.5 Å². The van der Waals surface area contributed by atoms with Crippen LogP contribution in [0.5, 0.6) is 0 Å². The smallest absolute Gasteiger partial charge is 0.243 e. The molecule has 1 heterocycles. The molecule has 28 heavy (non-hydrogen) atoms. The number of para-hydroxylation sites is 1. The van der Waals surface area contributed by atoms with Crippen LogP contribution in [0.2, 0.25) is 0 Å². The molecule has 3 N–H and O–H groups in total. The van der Waals surface area contributed by atoms with E-state index in [1.807, 2.05) is 30.5 Å². The second kappa shape index (κ2) is 8.60. The Hall–Kier alpha value is -3.29. The first-order valence-electron chi connectivity index (χ1n) is 8.70. The molecule has 0 atom stereocenters. The summed E-state index contributed by atoms with van der Waals surface area (Å²) in [5.41, 5.74) is 1.65. The zero-order valence-corrected chi connectivity index (χ0v) is 14.8. The minimum Gasteiger partial charge on any atom is -0.361 e. The molecule has 0 aliphatic carbocycles. The van der Waals surface area contributed by atoms with Crippen molar-refractivity contribution in [3.63, 3.8) is 0 Å². The highest BCUT2D eigenvalue weighted by Gasteiger charge is 2.15. The van der Waals surface area contributed by atoms with Gasteiger partial charge in [-0.3, -0.25) is 9.59 Å². The Kier molecular flexibility index (Phi) is 5.98. The molecule has 146 valence electrons. The van der Waals surface area contributed by atoms with Gasteiger partial charge in [-0.25, -0.2) is 13.2 Å². The molecule has 3 rings (SSSR count). The molecule has 2 aromatic carbocycles. The molecule has 0 fully saturated rings. The zero-order chi connectivity index (χ0) is 20.1. The molecular formula is C20H18F3N3O2. The molecule has 3 aromatic rings. The average molecular weight is 389 g/mol. The summed E-state index contributed by atoms with van der Waals surface area (Å²) in [5.74, 6) is -5.58. The van der Waals surface area contributed by atoms with Crippen LogP contribution < -0.4 is 10.6 Å². The van der Waals surface area contributed by atoms with Crippen molar-refractivity contribution in [1.82, 2.24) is 10.3 Å². The minimum absolute atomic E-state index is 0.215. The summed E-state index contributed by atoms with van der Waals surface area (Å²) in [6, 6.07) is 9.48. The van der Waals surface area contributed by atoms with Gasteiger partial charge in [0, 0.05) is 23.5 Å². The largest absolute Gasteiger partial charge is 0.361 e. The van der Waals surface area contributed by atoms with Gasteiger partial charge in [-0.05, 0) is 36.6 Å². The molecule has 5 nitrogen and oxygen atoms in total. The topological polar surface area (TPSA) is 74.0 Å². The van der Waals surface area contributed by atoms with Crippen molar-refractivity contribution in [3.8, 4) is 0 Å². The lowest BCUT2D eigenvalue weighted by Gasteiger charge is -2.08. The van der Waals surface area contributed by atoms with Gasteiger partial charge in [0.25, 0.3) is 0 Å². The first-order valence-corrected chi connectivity index (χ1v) is 8.70. The molecule has 0 aliphatic heterocycles. The van der Waals surface area contributed by atoms with Gasteiger partial charge in [-0.15, -0.1) is 0 Å². The number of nitrogens with one attached hydrogen (secondary N) is 3. The molecule has 0 aliphatic rings. The Bertz CT molecular complexity index is 1020. The fraction of sp³-hybridized carbons (Fsp3) is 0.200. The molecule has 8 heteroatoms. The number of carbonyl (C=O) groups excluding carboxylic acids is 2. The molecular weight excluding hydrogens is 371 g/mol. The van der Waals surface area contributed by atoms with E-state index in [1.54, 1.807) is 0 Å². The molecule has 0 bridgehead atoms. The van der Waals surface area contributed by atoms with E-state index in [0.29, 0.717) is 18.9 Å². The molecule has 0 spiro atoms. The average Bonchev–Trinajstić information content (AvgIpc) is 3.10. The summed E-state index contributed by atoms with van der Waals surface area (Å²) in [5, 5.41) is 5.62. The van der Waals surface area contributed by atoms with E-state index in [2.05, 4.69) is 15.6 Å². The van der Waals surface area contributed by atoms with E-state index in [9.17, 15) is 22.8 Å². The number of carbonyl (C=O) groups is 2. The number of hydrogen-bond donors (Lipinski definition) is 3. The highest BCUT2D eigenvalue weighted by atomic mass is 19.2. The van der Waals surface area contributed by atoms with E-state index in [4.69, 9.17) is 0 Å². The molecule has 0 saturated heterocycles. The fourth-order valence-corrected chi connectivity index (χ4v) is 2.86. The Morgan fingerprint density at radius 3 is 2.57 bits per heavy atom. The van der Waals surface area contributed by atoms with Crippen LogP contribution in [0, 0.1) is 17.5 Å². The third-order valence-electron chi connectivity index (χ3n) is 4.28. The van der Waals surface area contributed by atoms with E-state index < -0.39 is 35.6 Å². The summed E-state index contributed by atoms with van der Waals surface area (Å²) >= 11 is 0. The first kappa shape index (κ1) is 19.5. The SMILES string of the molecule is O=C(CCCc1c[nH]c2ccccc12)NCC(=O)Nc1ccc(F)c(F)c1F. The number of anilines is 1. The number of halogens is 3. The first-order chi connectivity index (χ1) is 13.5. The lowest BCUT2D eigenvalue weighted by molar-refractivity contribution is -0.124. The van der Waals surface area contributed by atoms with Crippen LogP contribution in [0.1, 0.15) is 18.4 Å². The van der Waals surface area contributed by atoms with Gasteiger partial charge >= 0.3 is 0 Å². The Morgan fingerprint density at radius 1 is 0.964 bits per heavy atom. The van der Waals surface area contributed by atoms with Crippen LogP contribution in [0.25, 0.3) is 10.9 Å². The molecule has 0 saturated carbocycles. The van der Waals surface area contributed by atoms with Crippen LogP contribution >= 0.6 is 0 Å². The van der Waals surface area contributed by atoms with E-state index in [-0.39, 0.29) is 12.3 Å². The van der Waals surface area contributed by atoms with E-state index in [0.717, 1.165) is 22.5 Å². The lowest BCUT2D eigenvalue weighted by Crippen LogP contribution is -2.33. The summed E-state index contributed by atoms with van der Waals surface area (Å²) in [4.78, 5) is 26.8. The summed E-state index contributed by atoms with van der Waals surface area (Å²) < 4.78 is 39.5. The van der Waals surface area contributed by atoms with Crippen molar-refractivity contribution >= 4 is 28.4 Å². The molecule has 0 radical (unpaired) electrons. The summed E-state index contributed by atoms with van der Waals surface area (Å²) in [6.07, 6.45) is 3.41. The third kappa shape index (κ3) is 4.51. The number of aromatic amines is 1. The van der Waals surface area contributed by atoms with Crippen molar-refractivity contribution in [1.29, 1.82) is 0 Å². The van der Waals surface area contributed by atoms with Gasteiger partial charge in [0.2, 0.25) is 11.8 Å². The van der Waals surface area contributed by atoms with Crippen LogP contribution in [0.15, 0.2) is 42.6 Å². The number of rotatable bonds is 7. The Morgan fingerprint density at radius 2 is 1.75 bits per heavy atom. The Labute approximate surface area is 158 Å². The number of H-pyrrole nitrogens is 1. The van der Waals surface area contributed by atoms with Crippen molar-refractivity contribution in [2.45, 2.75) is 19.3 Å². The van der Waals surface area contributed by atoms with E-state index in [1.165, 1.54) is 0 Å². The maximum absolute atomic E-state index is 13.5. The molecule has 0 unspecified atom stereocenters. The predicted octanol–water partition coefficient (Wildman–Crippen LogP) is 3.66. The van der Waals surface area contributed by atoms with Gasteiger partial charge < -0.3 is 15.6 Å². The Balaban J connectivity index is 1.43. The minimum atomic E-state index is -1.67. The molecule has 2 amide bonds. The highest BCUT2D eigenvalue weighted by molar-refractivity contribution is 5.94. The van der Waals surface area contributed by atoms with Crippen molar-refractivity contribution in [3.05, 3.63) is 65.6 Å². The predicted molar refractivity (Wildman–Crippen MR) is 99.2 cm³/mol. The number of fused-ring (bicyclic) bond motifs is 1. The quantitative estimate of drug-likeness (QED) is 0.540. The van der Waals surface area contributed by atoms with Crippen molar-refractivity contribution < 1.29 is 22.8 Å². The number of benzene rings is 2. The normalized spacial score (nSPS) is 10.8. The van der Waals surface area contributed by atoms with Gasteiger partial charge in [-0.1, -0.05) is 18.2 Å². The van der Waals surface area contributed by atoms with Crippen LogP contribution in [-0.4, -0.2) is 23.3 Å². The second-order valence-corrected chi connectivity index (χ2v) is 6.26. The molecule has 1 aromatic heterocycles. The number of amides is 2. The van der Waals surface area contributed by atoms with Gasteiger partial charge in [-0.2, -0.15) is 0 Å². The van der Waals surface area contributed by atoms with Gasteiger partial charge in [0.1, 0.15) is 0 Å². The van der Waals surface area contributed by atoms with Crippen LogP contribution in [0.4, 0.5) is 18.9 Å². The second-order valence-electron chi connectivity index (χ2n) is 6.26. The maximum Gasteiger partial charge on any atom is 0.243 e. The highest BCUT2D eigenvalue weighted by Crippen LogP contribution is 2.20. The number of aromatic nitrogens is 1. The maximum atomic E-state index is 13.5. The number of aryl methyl sites for hydroxylation is 1.